The van der Waals surface area contributed by atoms with Gasteiger partial charge in [-0.2, -0.15) is 0 Å². The van der Waals surface area contributed by atoms with Crippen LogP contribution in [-0.2, 0) is 0 Å². The topological polar surface area (TPSA) is 55.3 Å². The van der Waals surface area contributed by atoms with Gasteiger partial charge < -0.3 is 11.5 Å². The Hall–Kier alpha value is -0.0800. The van der Waals surface area contributed by atoms with Gasteiger partial charge in [-0.25, -0.2) is 0 Å². The highest BCUT2D eigenvalue weighted by atomic mass is 14.5. The third kappa shape index (κ3) is 5.92. The van der Waals surface area contributed by atoms with Gasteiger partial charge in [0.25, 0.3) is 0 Å². The van der Waals surface area contributed by atoms with Crippen LogP contribution in [0, 0.1) is 0 Å². The first-order chi connectivity index (χ1) is 3.41. The molecule has 7 heavy (non-hydrogen) atoms. The molecule has 0 amide bonds. The Morgan fingerprint density at radius 3 is 1.43 bits per heavy atom. The van der Waals surface area contributed by atoms with E-state index < -0.39 is 0 Å². The molecular formula is C5H16N2+2. The minimum Gasteiger partial charge on any atom is -0.358 e. The second-order valence-electron chi connectivity index (χ2n) is 1.77. The summed E-state index contributed by atoms with van der Waals surface area (Å²) in [6, 6.07) is 0. The predicted octanol–water partition coefficient (Wildman–Crippen LogP) is -1.36. The quantitative estimate of drug-likeness (QED) is 0.414. The lowest BCUT2D eigenvalue weighted by molar-refractivity contribution is -0.374. The van der Waals surface area contributed by atoms with Crippen LogP contribution in [0.15, 0.2) is 0 Å². The first-order valence-electron chi connectivity index (χ1n) is 3.00. The Balaban J connectivity index is 2.45. The van der Waals surface area contributed by atoms with Crippen LogP contribution in [-0.4, -0.2) is 13.1 Å². The molecule has 44 valence electrons. The molecule has 0 rings (SSSR count). The molecule has 0 saturated carbocycles. The molecule has 0 saturated heterocycles. The van der Waals surface area contributed by atoms with E-state index in [4.69, 9.17) is 0 Å². The van der Waals surface area contributed by atoms with Crippen molar-refractivity contribution in [2.24, 2.45) is 0 Å². The van der Waals surface area contributed by atoms with Gasteiger partial charge in [0.05, 0.1) is 13.1 Å². The highest BCUT2D eigenvalue weighted by molar-refractivity contribution is 4.34. The van der Waals surface area contributed by atoms with Crippen molar-refractivity contribution in [2.45, 2.75) is 19.3 Å². The van der Waals surface area contributed by atoms with E-state index in [9.17, 15) is 0 Å². The predicted molar refractivity (Wildman–Crippen MR) is 29.4 cm³/mol. The second-order valence-corrected chi connectivity index (χ2v) is 1.77. The molecule has 0 heterocycles. The highest BCUT2D eigenvalue weighted by Gasteiger charge is 1.84. The van der Waals surface area contributed by atoms with Crippen molar-refractivity contribution in [1.82, 2.24) is 0 Å². The van der Waals surface area contributed by atoms with Crippen molar-refractivity contribution in [3.05, 3.63) is 0 Å². The van der Waals surface area contributed by atoms with Gasteiger partial charge in [-0.3, -0.25) is 0 Å². The number of hydrogen-bond acceptors (Lipinski definition) is 0. The summed E-state index contributed by atoms with van der Waals surface area (Å²) in [6.45, 7) is 2.17. The Morgan fingerprint density at radius 1 is 0.714 bits per heavy atom. The van der Waals surface area contributed by atoms with E-state index >= 15 is 0 Å². The SMILES string of the molecule is [NH3+]CCCCC[NH3+]. The first kappa shape index (κ1) is 6.92. The molecule has 0 atom stereocenters. The Bertz CT molecular complexity index is 25.3. The summed E-state index contributed by atoms with van der Waals surface area (Å²) in [6.07, 6.45) is 3.86. The molecule has 0 spiro atoms. The number of unbranched alkanes of at least 4 members (excludes halogenated alkanes) is 2. The van der Waals surface area contributed by atoms with Gasteiger partial charge in [0, 0.05) is 0 Å². The molecule has 0 aromatic rings. The van der Waals surface area contributed by atoms with Gasteiger partial charge in [-0.1, -0.05) is 0 Å². The fourth-order valence-corrected chi connectivity index (χ4v) is 0.530. The number of quaternary nitrogens is 2. The smallest absolute Gasteiger partial charge is 0.0739 e. The lowest BCUT2D eigenvalue weighted by Crippen LogP contribution is -2.51. The van der Waals surface area contributed by atoms with Crippen molar-refractivity contribution < 1.29 is 11.5 Å². The maximum Gasteiger partial charge on any atom is 0.0739 e. The third-order valence-electron chi connectivity index (χ3n) is 1.000. The lowest BCUT2D eigenvalue weighted by Gasteiger charge is -1.87. The van der Waals surface area contributed by atoms with Gasteiger partial charge in [0.15, 0.2) is 0 Å². The summed E-state index contributed by atoms with van der Waals surface area (Å²) in [5.74, 6) is 0. The second kappa shape index (κ2) is 5.92. The monoisotopic (exact) mass is 104 g/mol. The van der Waals surface area contributed by atoms with Crippen LogP contribution in [0.2, 0.25) is 0 Å². The van der Waals surface area contributed by atoms with Crippen molar-refractivity contribution in [3.63, 3.8) is 0 Å². The minimum absolute atomic E-state index is 1.08. The van der Waals surface area contributed by atoms with Crippen LogP contribution in [0.4, 0.5) is 0 Å². The standard InChI is InChI=1S/C5H14N2/c6-4-2-1-3-5-7/h1-7H2/p+2. The summed E-state index contributed by atoms with van der Waals surface area (Å²) < 4.78 is 0. The average Bonchev–Trinajstić information content (AvgIpc) is 1.69. The van der Waals surface area contributed by atoms with Gasteiger partial charge in [0.2, 0.25) is 0 Å². The van der Waals surface area contributed by atoms with Crippen LogP contribution in [0.5, 0.6) is 0 Å². The molecule has 0 fully saturated rings. The van der Waals surface area contributed by atoms with Gasteiger partial charge in [-0.05, 0) is 19.3 Å². The molecule has 0 aliphatic heterocycles. The van der Waals surface area contributed by atoms with Crippen LogP contribution < -0.4 is 11.5 Å². The molecule has 2 heteroatoms. The van der Waals surface area contributed by atoms with Crippen molar-refractivity contribution in [2.75, 3.05) is 13.1 Å². The lowest BCUT2D eigenvalue weighted by atomic mass is 10.2. The fourth-order valence-electron chi connectivity index (χ4n) is 0.530. The molecule has 0 unspecified atom stereocenters. The van der Waals surface area contributed by atoms with E-state index in [2.05, 4.69) is 11.5 Å². The maximum atomic E-state index is 3.74. The van der Waals surface area contributed by atoms with E-state index in [1.54, 1.807) is 0 Å². The summed E-state index contributed by atoms with van der Waals surface area (Å²) in [5.41, 5.74) is 7.47. The molecule has 0 radical (unpaired) electrons. The molecule has 2 nitrogen and oxygen atoms in total. The zero-order valence-corrected chi connectivity index (χ0v) is 4.95. The largest absolute Gasteiger partial charge is 0.358 e. The Labute approximate surface area is 44.9 Å². The minimum atomic E-state index is 1.08. The van der Waals surface area contributed by atoms with Gasteiger partial charge >= 0.3 is 0 Å². The van der Waals surface area contributed by atoms with Gasteiger partial charge in [-0.15, -0.1) is 0 Å². The normalized spacial score (nSPS) is 9.43. The number of rotatable bonds is 4. The zero-order chi connectivity index (χ0) is 5.54. The van der Waals surface area contributed by atoms with Gasteiger partial charge in [0.1, 0.15) is 0 Å². The molecule has 0 aromatic heterocycles. The highest BCUT2D eigenvalue weighted by Crippen LogP contribution is 1.86. The third-order valence-corrected chi connectivity index (χ3v) is 1.000. The molecule has 0 aliphatic rings. The van der Waals surface area contributed by atoms with Crippen molar-refractivity contribution in [1.29, 1.82) is 0 Å². The summed E-state index contributed by atoms with van der Waals surface area (Å²) in [7, 11) is 0. The molecule has 6 N–H and O–H groups in total. The molecule has 0 aliphatic carbocycles. The fraction of sp³-hybridized carbons (Fsp3) is 1.00. The van der Waals surface area contributed by atoms with E-state index in [1.165, 1.54) is 19.3 Å². The average molecular weight is 104 g/mol. The van der Waals surface area contributed by atoms with E-state index in [-0.39, 0.29) is 0 Å². The van der Waals surface area contributed by atoms with E-state index in [0.29, 0.717) is 0 Å². The Kier molecular flexibility index (Phi) is 5.85. The van der Waals surface area contributed by atoms with E-state index in [0.717, 1.165) is 13.1 Å². The van der Waals surface area contributed by atoms with Crippen LogP contribution in [0.3, 0.4) is 0 Å². The van der Waals surface area contributed by atoms with Crippen molar-refractivity contribution in [3.8, 4) is 0 Å². The zero-order valence-electron chi connectivity index (χ0n) is 4.95. The van der Waals surface area contributed by atoms with Crippen LogP contribution in [0.25, 0.3) is 0 Å². The maximum absolute atomic E-state index is 3.74. The molecule has 0 bridgehead atoms. The van der Waals surface area contributed by atoms with Crippen molar-refractivity contribution >= 4 is 0 Å². The summed E-state index contributed by atoms with van der Waals surface area (Å²) in [4.78, 5) is 0. The molecular weight excluding hydrogens is 88.1 g/mol. The summed E-state index contributed by atoms with van der Waals surface area (Å²) in [5, 5.41) is 0. The Morgan fingerprint density at radius 2 is 1.14 bits per heavy atom. The molecule has 0 aromatic carbocycles. The number of hydrogen-bond donors (Lipinski definition) is 2. The first-order valence-corrected chi connectivity index (χ1v) is 3.00. The van der Waals surface area contributed by atoms with Crippen LogP contribution in [0.1, 0.15) is 19.3 Å². The van der Waals surface area contributed by atoms with Crippen LogP contribution >= 0.6 is 0 Å². The summed E-state index contributed by atoms with van der Waals surface area (Å²) >= 11 is 0. The van der Waals surface area contributed by atoms with E-state index in [1.807, 2.05) is 0 Å².